The van der Waals surface area contributed by atoms with Gasteiger partial charge in [-0.25, -0.2) is 4.79 Å². The number of aromatic nitrogens is 1. The first-order valence-corrected chi connectivity index (χ1v) is 5.07. The van der Waals surface area contributed by atoms with Crippen molar-refractivity contribution in [3.05, 3.63) is 23.2 Å². The summed E-state index contributed by atoms with van der Waals surface area (Å²) >= 11 is 1.66. The van der Waals surface area contributed by atoms with Crippen LogP contribution in [0.3, 0.4) is 0 Å². The minimum atomic E-state index is -0.150. The topological polar surface area (TPSA) is 54.0 Å². The highest BCUT2D eigenvalue weighted by Gasteiger charge is 2.19. The molecule has 0 aromatic carbocycles. The van der Waals surface area contributed by atoms with Gasteiger partial charge in [0, 0.05) is 6.20 Å². The average Bonchev–Trinajstić information content (AvgIpc) is 2.56. The van der Waals surface area contributed by atoms with Crippen LogP contribution in [0.4, 0.5) is 10.5 Å². The predicted octanol–water partition coefficient (Wildman–Crippen LogP) is 1.93. The minimum Gasteiger partial charge on any atom is -0.333 e. The number of rotatable bonds is 0. The molecule has 4 nitrogen and oxygen atoms in total. The van der Waals surface area contributed by atoms with E-state index in [1.54, 1.807) is 17.5 Å². The van der Waals surface area contributed by atoms with Gasteiger partial charge in [0.25, 0.3) is 0 Å². The van der Waals surface area contributed by atoms with Gasteiger partial charge in [0.15, 0.2) is 0 Å². The Morgan fingerprint density at radius 3 is 3.36 bits per heavy atom. The second-order valence-corrected chi connectivity index (χ2v) is 4.19. The van der Waals surface area contributed by atoms with Crippen molar-refractivity contribution in [1.29, 1.82) is 0 Å². The van der Waals surface area contributed by atoms with Gasteiger partial charge in [0.1, 0.15) is 5.52 Å². The lowest BCUT2D eigenvalue weighted by Crippen LogP contribution is -2.32. The molecule has 0 saturated carbocycles. The zero-order valence-corrected chi connectivity index (χ0v) is 8.02. The van der Waals surface area contributed by atoms with Crippen LogP contribution in [0.1, 0.15) is 4.88 Å². The van der Waals surface area contributed by atoms with Crippen molar-refractivity contribution in [2.45, 2.75) is 6.54 Å². The smallest absolute Gasteiger partial charge is 0.319 e. The maximum absolute atomic E-state index is 11.1. The molecule has 1 aliphatic heterocycles. The molecule has 2 aromatic heterocycles. The number of amides is 2. The minimum absolute atomic E-state index is 0.150. The van der Waals surface area contributed by atoms with Crippen LogP contribution < -0.4 is 10.6 Å². The Hall–Kier alpha value is -1.62. The van der Waals surface area contributed by atoms with Crippen molar-refractivity contribution in [1.82, 2.24) is 10.3 Å². The van der Waals surface area contributed by atoms with Gasteiger partial charge in [-0.3, -0.25) is 4.98 Å². The Labute approximate surface area is 84.0 Å². The summed E-state index contributed by atoms with van der Waals surface area (Å²) in [5, 5.41) is 5.51. The number of carbonyl (C=O) groups is 1. The molecule has 0 fully saturated rings. The molecular weight excluding hydrogens is 198 g/mol. The van der Waals surface area contributed by atoms with E-state index in [-0.39, 0.29) is 6.03 Å². The summed E-state index contributed by atoms with van der Waals surface area (Å²) in [4.78, 5) is 16.5. The maximum atomic E-state index is 11.1. The molecule has 0 atom stereocenters. The fourth-order valence-corrected chi connectivity index (χ4v) is 2.61. The Balaban J connectivity index is 2.30. The fraction of sp³-hybridized carbons (Fsp3) is 0.111. The van der Waals surface area contributed by atoms with Crippen LogP contribution in [0, 0.1) is 0 Å². The Morgan fingerprint density at radius 2 is 2.43 bits per heavy atom. The third-order valence-corrected chi connectivity index (χ3v) is 3.31. The number of pyridine rings is 1. The van der Waals surface area contributed by atoms with E-state index in [1.165, 1.54) is 0 Å². The summed E-state index contributed by atoms with van der Waals surface area (Å²) in [6.07, 6.45) is 1.74. The Morgan fingerprint density at radius 1 is 1.50 bits per heavy atom. The van der Waals surface area contributed by atoms with E-state index in [2.05, 4.69) is 15.6 Å². The Bertz CT molecular complexity index is 520. The lowest BCUT2D eigenvalue weighted by atomic mass is 10.3. The van der Waals surface area contributed by atoms with Crippen molar-refractivity contribution in [3.63, 3.8) is 0 Å². The molecule has 0 bridgehead atoms. The number of nitrogens with one attached hydrogen (secondary N) is 2. The highest BCUT2D eigenvalue weighted by molar-refractivity contribution is 7.19. The first kappa shape index (κ1) is 7.75. The Kier molecular flexibility index (Phi) is 1.49. The molecule has 0 radical (unpaired) electrons. The second-order valence-electron chi connectivity index (χ2n) is 3.06. The maximum Gasteiger partial charge on any atom is 0.319 e. The van der Waals surface area contributed by atoms with Crippen LogP contribution in [-0.4, -0.2) is 11.0 Å². The van der Waals surface area contributed by atoms with Gasteiger partial charge in [-0.2, -0.15) is 0 Å². The van der Waals surface area contributed by atoms with Gasteiger partial charge in [0.05, 0.1) is 21.8 Å². The molecule has 2 N–H and O–H groups in total. The van der Waals surface area contributed by atoms with Crippen molar-refractivity contribution < 1.29 is 4.79 Å². The molecule has 0 spiro atoms. The zero-order valence-electron chi connectivity index (χ0n) is 7.20. The van der Waals surface area contributed by atoms with Gasteiger partial charge in [-0.05, 0) is 12.1 Å². The van der Waals surface area contributed by atoms with Crippen molar-refractivity contribution >= 4 is 33.3 Å². The van der Waals surface area contributed by atoms with E-state index in [1.807, 2.05) is 12.1 Å². The number of fused-ring (bicyclic) bond motifs is 3. The van der Waals surface area contributed by atoms with Crippen LogP contribution in [0.2, 0.25) is 0 Å². The number of hydrogen-bond acceptors (Lipinski definition) is 3. The second kappa shape index (κ2) is 2.68. The predicted molar refractivity (Wildman–Crippen MR) is 55.5 cm³/mol. The highest BCUT2D eigenvalue weighted by Crippen LogP contribution is 2.35. The molecule has 3 rings (SSSR count). The summed E-state index contributed by atoms with van der Waals surface area (Å²) < 4.78 is 1.11. The SMILES string of the molecule is O=C1NCc2sc3cccnc3c2N1. The van der Waals surface area contributed by atoms with Crippen molar-refractivity contribution in [3.8, 4) is 0 Å². The molecule has 5 heteroatoms. The molecule has 0 aliphatic carbocycles. The van der Waals surface area contributed by atoms with E-state index in [9.17, 15) is 4.79 Å². The normalized spacial score (nSPS) is 14.7. The lowest BCUT2D eigenvalue weighted by Gasteiger charge is -2.13. The summed E-state index contributed by atoms with van der Waals surface area (Å²) in [5.41, 5.74) is 1.76. The monoisotopic (exact) mass is 205 g/mol. The van der Waals surface area contributed by atoms with Gasteiger partial charge < -0.3 is 10.6 Å². The summed E-state index contributed by atoms with van der Waals surface area (Å²) in [7, 11) is 0. The fourth-order valence-electron chi connectivity index (χ4n) is 1.55. The van der Waals surface area contributed by atoms with E-state index >= 15 is 0 Å². The van der Waals surface area contributed by atoms with E-state index in [0.717, 1.165) is 20.8 Å². The van der Waals surface area contributed by atoms with Crippen molar-refractivity contribution in [2.75, 3.05) is 5.32 Å². The van der Waals surface area contributed by atoms with Crippen LogP contribution in [0.25, 0.3) is 10.2 Å². The highest BCUT2D eigenvalue weighted by atomic mass is 32.1. The standard InChI is InChI=1S/C9H7N3OS/c13-9-11-4-6-8(12-9)7-5(14-6)2-1-3-10-7/h1-3H,4H2,(H2,11,12,13). The average molecular weight is 205 g/mol. The van der Waals surface area contributed by atoms with Gasteiger partial charge >= 0.3 is 6.03 Å². The molecule has 2 amide bonds. The van der Waals surface area contributed by atoms with Gasteiger partial charge in [-0.1, -0.05) is 0 Å². The van der Waals surface area contributed by atoms with E-state index < -0.39 is 0 Å². The molecule has 0 unspecified atom stereocenters. The van der Waals surface area contributed by atoms with Gasteiger partial charge in [0.2, 0.25) is 0 Å². The van der Waals surface area contributed by atoms with Gasteiger partial charge in [-0.15, -0.1) is 11.3 Å². The van der Waals surface area contributed by atoms with Crippen LogP contribution in [-0.2, 0) is 6.54 Å². The van der Waals surface area contributed by atoms with Crippen LogP contribution in [0.15, 0.2) is 18.3 Å². The number of hydrogen-bond donors (Lipinski definition) is 2. The van der Waals surface area contributed by atoms with E-state index in [0.29, 0.717) is 6.54 Å². The largest absolute Gasteiger partial charge is 0.333 e. The van der Waals surface area contributed by atoms with Crippen LogP contribution >= 0.6 is 11.3 Å². The van der Waals surface area contributed by atoms with Crippen LogP contribution in [0.5, 0.6) is 0 Å². The molecule has 3 heterocycles. The summed E-state index contributed by atoms with van der Waals surface area (Å²) in [6, 6.07) is 3.76. The number of thiophene rings is 1. The van der Waals surface area contributed by atoms with E-state index in [4.69, 9.17) is 0 Å². The molecule has 2 aromatic rings. The molecule has 70 valence electrons. The number of anilines is 1. The number of carbonyl (C=O) groups excluding carboxylic acids is 1. The zero-order chi connectivity index (χ0) is 9.54. The first-order chi connectivity index (χ1) is 6.84. The first-order valence-electron chi connectivity index (χ1n) is 4.26. The molecule has 14 heavy (non-hydrogen) atoms. The summed E-state index contributed by atoms with van der Waals surface area (Å²) in [5.74, 6) is 0. The third-order valence-electron chi connectivity index (χ3n) is 2.17. The summed E-state index contributed by atoms with van der Waals surface area (Å²) in [6.45, 7) is 0.599. The molecule has 1 aliphatic rings. The number of nitrogens with zero attached hydrogens (tertiary/aromatic N) is 1. The molecular formula is C9H7N3OS. The lowest BCUT2D eigenvalue weighted by molar-refractivity contribution is 0.251. The van der Waals surface area contributed by atoms with Crippen molar-refractivity contribution in [2.24, 2.45) is 0 Å². The third kappa shape index (κ3) is 0.990. The molecule has 0 saturated heterocycles. The number of urea groups is 1. The quantitative estimate of drug-likeness (QED) is 0.690.